The van der Waals surface area contributed by atoms with Crippen molar-refractivity contribution < 1.29 is 23.7 Å². The van der Waals surface area contributed by atoms with E-state index in [1.165, 1.54) is 5.56 Å². The molecule has 7 nitrogen and oxygen atoms in total. The van der Waals surface area contributed by atoms with Crippen molar-refractivity contribution in [3.05, 3.63) is 53.6 Å². The fourth-order valence-electron chi connectivity index (χ4n) is 3.71. The molecule has 150 valence electrons. The van der Waals surface area contributed by atoms with Gasteiger partial charge in [0, 0.05) is 38.8 Å². The Morgan fingerprint density at radius 3 is 2.24 bits per heavy atom. The van der Waals surface area contributed by atoms with E-state index in [-0.39, 0.29) is 12.7 Å². The number of carbonyl (C=O) groups is 1. The molecule has 2 aromatic carbocycles. The van der Waals surface area contributed by atoms with Gasteiger partial charge >= 0.3 is 0 Å². The zero-order chi connectivity index (χ0) is 19.6. The van der Waals surface area contributed by atoms with Gasteiger partial charge in [0.1, 0.15) is 0 Å². The molecule has 0 bridgehead atoms. The highest BCUT2D eigenvalue weighted by Crippen LogP contribution is 2.33. The molecule has 0 atom stereocenters. The summed E-state index contributed by atoms with van der Waals surface area (Å²) in [5.41, 5.74) is 2.11. The lowest BCUT2D eigenvalue weighted by Gasteiger charge is -2.34. The van der Waals surface area contributed by atoms with Crippen molar-refractivity contribution in [2.24, 2.45) is 0 Å². The van der Waals surface area contributed by atoms with Gasteiger partial charge in [0.15, 0.2) is 23.0 Å². The number of carbonyl (C=O) groups excluding carboxylic acids is 1. The van der Waals surface area contributed by atoms with Crippen LogP contribution in [0.1, 0.15) is 11.1 Å². The molecule has 29 heavy (non-hydrogen) atoms. The summed E-state index contributed by atoms with van der Waals surface area (Å²) in [6.45, 7) is 4.50. The molecular weight excluding hydrogens is 372 g/mol. The smallest absolute Gasteiger partial charge is 0.246 e. The third kappa shape index (κ3) is 3.86. The number of ether oxygens (including phenoxy) is 4. The Kier molecular flexibility index (Phi) is 4.73. The van der Waals surface area contributed by atoms with E-state index in [0.717, 1.165) is 61.3 Å². The van der Waals surface area contributed by atoms with Gasteiger partial charge in [-0.3, -0.25) is 9.69 Å². The van der Waals surface area contributed by atoms with Crippen molar-refractivity contribution >= 4 is 12.0 Å². The van der Waals surface area contributed by atoms with E-state index in [1.54, 1.807) is 6.08 Å². The van der Waals surface area contributed by atoms with Crippen LogP contribution >= 0.6 is 0 Å². The summed E-state index contributed by atoms with van der Waals surface area (Å²) in [7, 11) is 0. The molecule has 3 aliphatic heterocycles. The number of fused-ring (bicyclic) bond motifs is 2. The lowest BCUT2D eigenvalue weighted by molar-refractivity contribution is -0.127. The Labute approximate surface area is 169 Å². The normalized spacial score (nSPS) is 17.9. The molecule has 2 aromatic rings. The van der Waals surface area contributed by atoms with Crippen LogP contribution in [-0.4, -0.2) is 55.5 Å². The van der Waals surface area contributed by atoms with Crippen molar-refractivity contribution in [3.8, 4) is 23.0 Å². The molecule has 1 fully saturated rings. The molecule has 0 unspecified atom stereocenters. The fraction of sp³-hybridized carbons (Fsp3) is 0.318. The van der Waals surface area contributed by atoms with E-state index in [2.05, 4.69) is 11.0 Å². The molecule has 3 aliphatic rings. The van der Waals surface area contributed by atoms with Crippen molar-refractivity contribution in [2.45, 2.75) is 6.54 Å². The van der Waals surface area contributed by atoms with Crippen LogP contribution in [0.3, 0.4) is 0 Å². The zero-order valence-corrected chi connectivity index (χ0v) is 16.0. The van der Waals surface area contributed by atoms with Crippen LogP contribution < -0.4 is 18.9 Å². The first-order valence-electron chi connectivity index (χ1n) is 9.72. The first kappa shape index (κ1) is 17.9. The highest BCUT2D eigenvalue weighted by molar-refractivity contribution is 5.92. The second-order valence-corrected chi connectivity index (χ2v) is 7.24. The molecule has 0 aliphatic carbocycles. The summed E-state index contributed by atoms with van der Waals surface area (Å²) < 4.78 is 21.5. The van der Waals surface area contributed by atoms with Crippen molar-refractivity contribution in [3.63, 3.8) is 0 Å². The number of nitrogens with zero attached hydrogens (tertiary/aromatic N) is 2. The summed E-state index contributed by atoms with van der Waals surface area (Å²) >= 11 is 0. The fourth-order valence-corrected chi connectivity index (χ4v) is 3.71. The predicted molar refractivity (Wildman–Crippen MR) is 106 cm³/mol. The van der Waals surface area contributed by atoms with Crippen LogP contribution in [0.5, 0.6) is 23.0 Å². The molecule has 0 N–H and O–H groups in total. The van der Waals surface area contributed by atoms with E-state index >= 15 is 0 Å². The number of rotatable bonds is 4. The Morgan fingerprint density at radius 1 is 0.828 bits per heavy atom. The lowest BCUT2D eigenvalue weighted by Crippen LogP contribution is -2.47. The first-order valence-corrected chi connectivity index (χ1v) is 9.72. The van der Waals surface area contributed by atoms with E-state index < -0.39 is 0 Å². The second kappa shape index (κ2) is 7.67. The maximum absolute atomic E-state index is 12.5. The SMILES string of the molecule is O=C(/C=C/c1ccc2c(c1)OCO2)N1CCN(Cc2ccc3c(c2)OCO3)CC1. The number of hydrogen-bond acceptors (Lipinski definition) is 6. The van der Waals surface area contributed by atoms with Gasteiger partial charge < -0.3 is 23.8 Å². The average molecular weight is 394 g/mol. The number of hydrogen-bond donors (Lipinski definition) is 0. The van der Waals surface area contributed by atoms with Crippen LogP contribution in [0, 0.1) is 0 Å². The Hall–Kier alpha value is -3.19. The van der Waals surface area contributed by atoms with E-state index in [9.17, 15) is 4.79 Å². The van der Waals surface area contributed by atoms with Gasteiger partial charge in [-0.05, 0) is 41.5 Å². The topological polar surface area (TPSA) is 60.5 Å². The van der Waals surface area contributed by atoms with Gasteiger partial charge in [0.25, 0.3) is 0 Å². The van der Waals surface area contributed by atoms with Crippen LogP contribution in [0.15, 0.2) is 42.5 Å². The first-order chi connectivity index (χ1) is 14.2. The minimum absolute atomic E-state index is 0.0328. The average Bonchev–Trinajstić information content (AvgIpc) is 3.41. The summed E-state index contributed by atoms with van der Waals surface area (Å²) in [6, 6.07) is 11.7. The number of piperazine rings is 1. The summed E-state index contributed by atoms with van der Waals surface area (Å²) in [4.78, 5) is 16.8. The van der Waals surface area contributed by atoms with Crippen molar-refractivity contribution in [2.75, 3.05) is 39.8 Å². The van der Waals surface area contributed by atoms with E-state index in [4.69, 9.17) is 18.9 Å². The van der Waals surface area contributed by atoms with Gasteiger partial charge in [-0.25, -0.2) is 0 Å². The van der Waals surface area contributed by atoms with Crippen LogP contribution in [0.25, 0.3) is 6.08 Å². The van der Waals surface area contributed by atoms with Gasteiger partial charge in [0.2, 0.25) is 19.5 Å². The highest BCUT2D eigenvalue weighted by Gasteiger charge is 2.21. The largest absolute Gasteiger partial charge is 0.454 e. The van der Waals surface area contributed by atoms with Crippen LogP contribution in [0.4, 0.5) is 0 Å². The predicted octanol–water partition coefficient (Wildman–Crippen LogP) is 2.50. The van der Waals surface area contributed by atoms with Crippen LogP contribution in [0.2, 0.25) is 0 Å². The van der Waals surface area contributed by atoms with Crippen LogP contribution in [-0.2, 0) is 11.3 Å². The zero-order valence-electron chi connectivity index (χ0n) is 16.0. The molecule has 5 rings (SSSR count). The molecule has 7 heteroatoms. The third-order valence-corrected chi connectivity index (χ3v) is 5.34. The van der Waals surface area contributed by atoms with Gasteiger partial charge in [0.05, 0.1) is 0 Å². The van der Waals surface area contributed by atoms with Gasteiger partial charge in [-0.2, -0.15) is 0 Å². The highest BCUT2D eigenvalue weighted by atomic mass is 16.7. The maximum Gasteiger partial charge on any atom is 0.246 e. The van der Waals surface area contributed by atoms with Crippen molar-refractivity contribution in [1.82, 2.24) is 9.80 Å². The molecule has 3 heterocycles. The van der Waals surface area contributed by atoms with Gasteiger partial charge in [-0.15, -0.1) is 0 Å². The summed E-state index contributed by atoms with van der Waals surface area (Å²) in [5.74, 6) is 3.11. The minimum Gasteiger partial charge on any atom is -0.454 e. The molecular formula is C22H22N2O5. The van der Waals surface area contributed by atoms with Gasteiger partial charge in [-0.1, -0.05) is 12.1 Å². The molecule has 0 aromatic heterocycles. The minimum atomic E-state index is 0.0328. The Balaban J connectivity index is 1.14. The monoisotopic (exact) mass is 394 g/mol. The van der Waals surface area contributed by atoms with Crippen molar-refractivity contribution in [1.29, 1.82) is 0 Å². The molecule has 0 spiro atoms. The Bertz CT molecular complexity index is 950. The molecule has 1 saturated heterocycles. The molecule has 1 amide bonds. The molecule has 0 radical (unpaired) electrons. The third-order valence-electron chi connectivity index (χ3n) is 5.34. The standard InChI is InChI=1S/C22H22N2O5/c25-22(6-3-16-1-4-18-20(11-16)28-14-26-18)24-9-7-23(8-10-24)13-17-2-5-19-21(12-17)29-15-27-19/h1-6,11-12H,7-10,13-15H2/b6-3+. The number of amides is 1. The Morgan fingerprint density at radius 2 is 1.48 bits per heavy atom. The maximum atomic E-state index is 12.5. The lowest BCUT2D eigenvalue weighted by atomic mass is 10.1. The summed E-state index contributed by atoms with van der Waals surface area (Å²) in [6.07, 6.45) is 3.45. The summed E-state index contributed by atoms with van der Waals surface area (Å²) in [5, 5.41) is 0. The van der Waals surface area contributed by atoms with E-state index in [1.807, 2.05) is 41.3 Å². The molecule has 0 saturated carbocycles. The second-order valence-electron chi connectivity index (χ2n) is 7.24. The quantitative estimate of drug-likeness (QED) is 0.743. The number of benzene rings is 2. The van der Waals surface area contributed by atoms with E-state index in [0.29, 0.717) is 6.79 Å².